The van der Waals surface area contributed by atoms with E-state index in [0.717, 1.165) is 47.1 Å². The van der Waals surface area contributed by atoms with Crippen molar-refractivity contribution in [3.05, 3.63) is 76.9 Å². The van der Waals surface area contributed by atoms with Gasteiger partial charge in [-0.3, -0.25) is 4.79 Å². The van der Waals surface area contributed by atoms with Crippen molar-refractivity contribution < 1.29 is 4.79 Å². The molecule has 0 aromatic heterocycles. The van der Waals surface area contributed by atoms with E-state index in [-0.39, 0.29) is 11.7 Å². The molecule has 1 aromatic carbocycles. The number of hydrogen-bond acceptors (Lipinski definition) is 1. The smallest absolute Gasteiger partial charge is 0.190 e. The van der Waals surface area contributed by atoms with Crippen LogP contribution in [0.5, 0.6) is 0 Å². The van der Waals surface area contributed by atoms with Gasteiger partial charge in [0, 0.05) is 17.1 Å². The molecule has 2 aliphatic rings. The monoisotopic (exact) mass is 290 g/mol. The first kappa shape index (κ1) is 14.8. The molecule has 0 heterocycles. The summed E-state index contributed by atoms with van der Waals surface area (Å²) in [6, 6.07) is 7.83. The first-order chi connectivity index (χ1) is 10.6. The number of allylic oxidation sites excluding steroid dienone is 7. The summed E-state index contributed by atoms with van der Waals surface area (Å²) in [6.45, 7) is 8.44. The summed E-state index contributed by atoms with van der Waals surface area (Å²) in [4.78, 5) is 13.1. The second kappa shape index (κ2) is 5.92. The Morgan fingerprint density at radius 3 is 2.55 bits per heavy atom. The highest BCUT2D eigenvalue weighted by molar-refractivity contribution is 6.17. The van der Waals surface area contributed by atoms with Crippen molar-refractivity contribution in [2.24, 2.45) is 5.92 Å². The van der Waals surface area contributed by atoms with E-state index >= 15 is 0 Å². The van der Waals surface area contributed by atoms with E-state index in [1.807, 2.05) is 31.2 Å². The van der Waals surface area contributed by atoms with Crippen LogP contribution in [0.3, 0.4) is 0 Å². The largest absolute Gasteiger partial charge is 0.289 e. The lowest BCUT2D eigenvalue weighted by Crippen LogP contribution is -2.22. The number of hydrogen-bond donors (Lipinski definition) is 0. The van der Waals surface area contributed by atoms with E-state index in [0.29, 0.717) is 0 Å². The Hall–Kier alpha value is -2.15. The van der Waals surface area contributed by atoms with Gasteiger partial charge in [0.15, 0.2) is 5.78 Å². The minimum Gasteiger partial charge on any atom is -0.289 e. The molecular weight excluding hydrogens is 268 g/mol. The molecule has 22 heavy (non-hydrogen) atoms. The van der Waals surface area contributed by atoms with Crippen LogP contribution >= 0.6 is 0 Å². The van der Waals surface area contributed by atoms with Crippen LogP contribution in [0.25, 0.3) is 5.57 Å². The Labute approximate surface area is 132 Å². The summed E-state index contributed by atoms with van der Waals surface area (Å²) >= 11 is 0. The summed E-state index contributed by atoms with van der Waals surface area (Å²) in [5.74, 6) is 0.348. The number of ketones is 1. The number of carbonyl (C=O) groups is 1. The predicted octanol–water partition coefficient (Wildman–Crippen LogP) is 5.52. The summed E-state index contributed by atoms with van der Waals surface area (Å²) in [7, 11) is 0. The normalized spacial score (nSPS) is 19.1. The molecule has 0 radical (unpaired) electrons. The Balaban J connectivity index is 2.11. The lowest BCUT2D eigenvalue weighted by atomic mass is 9.74. The molecule has 0 N–H and O–H groups in total. The molecule has 1 unspecified atom stereocenters. The first-order valence-corrected chi connectivity index (χ1v) is 8.05. The fourth-order valence-corrected chi connectivity index (χ4v) is 3.54. The van der Waals surface area contributed by atoms with Gasteiger partial charge in [-0.15, -0.1) is 0 Å². The van der Waals surface area contributed by atoms with Gasteiger partial charge in [0.05, 0.1) is 0 Å². The van der Waals surface area contributed by atoms with Gasteiger partial charge < -0.3 is 0 Å². The molecule has 2 aliphatic carbocycles. The molecule has 0 spiro atoms. The van der Waals surface area contributed by atoms with Gasteiger partial charge in [-0.05, 0) is 48.5 Å². The fourth-order valence-electron chi connectivity index (χ4n) is 3.54. The zero-order valence-corrected chi connectivity index (χ0v) is 13.4. The average Bonchev–Trinajstić information content (AvgIpc) is 2.57. The summed E-state index contributed by atoms with van der Waals surface area (Å²) in [5, 5.41) is 0. The van der Waals surface area contributed by atoms with Gasteiger partial charge in [0.25, 0.3) is 0 Å². The predicted molar refractivity (Wildman–Crippen MR) is 92.7 cm³/mol. The summed E-state index contributed by atoms with van der Waals surface area (Å²) in [6.07, 6.45) is 9.79. The van der Waals surface area contributed by atoms with Gasteiger partial charge in [-0.1, -0.05) is 56.0 Å². The van der Waals surface area contributed by atoms with Gasteiger partial charge >= 0.3 is 0 Å². The third-order valence-corrected chi connectivity index (χ3v) is 4.78. The fraction of sp³-hybridized carbons (Fsp3) is 0.286. The van der Waals surface area contributed by atoms with E-state index in [4.69, 9.17) is 0 Å². The van der Waals surface area contributed by atoms with Crippen LogP contribution in [0.15, 0.2) is 65.8 Å². The van der Waals surface area contributed by atoms with Crippen molar-refractivity contribution in [1.29, 1.82) is 0 Å². The van der Waals surface area contributed by atoms with Crippen LogP contribution < -0.4 is 0 Å². The van der Waals surface area contributed by atoms with Crippen LogP contribution in [0, 0.1) is 5.92 Å². The lowest BCUT2D eigenvalue weighted by molar-refractivity contribution is 0.102. The Kier molecular flexibility index (Phi) is 3.98. The minimum atomic E-state index is 0.173. The van der Waals surface area contributed by atoms with Crippen LogP contribution in [-0.2, 0) is 0 Å². The van der Waals surface area contributed by atoms with Crippen molar-refractivity contribution >= 4 is 11.4 Å². The topological polar surface area (TPSA) is 17.1 Å². The number of rotatable bonds is 3. The van der Waals surface area contributed by atoms with Crippen molar-refractivity contribution in [2.75, 3.05) is 0 Å². The highest BCUT2D eigenvalue weighted by Gasteiger charge is 2.31. The van der Waals surface area contributed by atoms with Crippen LogP contribution in [0.1, 0.15) is 49.0 Å². The maximum absolute atomic E-state index is 13.1. The highest BCUT2D eigenvalue weighted by atomic mass is 16.1. The van der Waals surface area contributed by atoms with E-state index in [1.54, 1.807) is 0 Å². The SMILES string of the molecule is C=C1C(C)=C(C(CC)C2=CCCC=C2)C(=O)c2ccccc21. The Bertz CT molecular complexity index is 728. The maximum Gasteiger partial charge on any atom is 0.190 e. The van der Waals surface area contributed by atoms with E-state index < -0.39 is 0 Å². The zero-order valence-electron chi connectivity index (χ0n) is 13.4. The second-order valence-electron chi connectivity index (χ2n) is 6.04. The van der Waals surface area contributed by atoms with Crippen LogP contribution in [0.4, 0.5) is 0 Å². The molecule has 0 aliphatic heterocycles. The zero-order chi connectivity index (χ0) is 15.7. The van der Waals surface area contributed by atoms with Crippen molar-refractivity contribution in [3.63, 3.8) is 0 Å². The van der Waals surface area contributed by atoms with E-state index in [9.17, 15) is 4.79 Å². The highest BCUT2D eigenvalue weighted by Crippen LogP contribution is 2.40. The van der Waals surface area contributed by atoms with Crippen LogP contribution in [0.2, 0.25) is 0 Å². The summed E-state index contributed by atoms with van der Waals surface area (Å²) in [5.41, 5.74) is 6.04. The summed E-state index contributed by atoms with van der Waals surface area (Å²) < 4.78 is 0. The molecule has 112 valence electrons. The molecule has 0 fully saturated rings. The maximum atomic E-state index is 13.1. The average molecular weight is 290 g/mol. The quantitative estimate of drug-likeness (QED) is 0.716. The lowest BCUT2D eigenvalue weighted by Gasteiger charge is -2.28. The minimum absolute atomic E-state index is 0.173. The van der Waals surface area contributed by atoms with E-state index in [1.165, 1.54) is 5.57 Å². The number of Topliss-reactive ketones (excluding diaryl/α,β-unsaturated/α-hetero) is 1. The molecular formula is C21H22O. The molecule has 3 rings (SSSR count). The third-order valence-electron chi connectivity index (χ3n) is 4.78. The first-order valence-electron chi connectivity index (χ1n) is 8.05. The molecule has 0 saturated carbocycles. The standard InChI is InChI=1S/C21H22O/c1-4-17(16-10-6-5-7-11-16)20-15(3)14(2)18-12-8-9-13-19(18)21(20)22/h6,8-13,17H,2,4-5,7H2,1,3H3. The third kappa shape index (κ3) is 2.31. The molecule has 1 heteroatoms. The molecule has 0 amide bonds. The Morgan fingerprint density at radius 2 is 1.91 bits per heavy atom. The molecule has 1 atom stereocenters. The van der Waals surface area contributed by atoms with Gasteiger partial charge in [0.2, 0.25) is 0 Å². The van der Waals surface area contributed by atoms with Gasteiger partial charge in [-0.2, -0.15) is 0 Å². The van der Waals surface area contributed by atoms with Crippen molar-refractivity contribution in [3.8, 4) is 0 Å². The van der Waals surface area contributed by atoms with Gasteiger partial charge in [0.1, 0.15) is 0 Å². The molecule has 0 bridgehead atoms. The van der Waals surface area contributed by atoms with Gasteiger partial charge in [-0.25, -0.2) is 0 Å². The molecule has 1 nitrogen and oxygen atoms in total. The van der Waals surface area contributed by atoms with Crippen molar-refractivity contribution in [2.45, 2.75) is 33.1 Å². The number of benzene rings is 1. The second-order valence-corrected chi connectivity index (χ2v) is 6.04. The number of carbonyl (C=O) groups excluding carboxylic acids is 1. The molecule has 1 aromatic rings. The number of fused-ring (bicyclic) bond motifs is 1. The van der Waals surface area contributed by atoms with E-state index in [2.05, 4.69) is 31.7 Å². The Morgan fingerprint density at radius 1 is 1.18 bits per heavy atom. The molecule has 0 saturated heterocycles. The van der Waals surface area contributed by atoms with Crippen molar-refractivity contribution in [1.82, 2.24) is 0 Å². The van der Waals surface area contributed by atoms with Crippen LogP contribution in [-0.4, -0.2) is 5.78 Å².